The van der Waals surface area contributed by atoms with E-state index in [1.165, 1.54) is 5.01 Å². The molecule has 6 nitrogen and oxygen atoms in total. The molecule has 0 unspecified atom stereocenters. The summed E-state index contributed by atoms with van der Waals surface area (Å²) in [6, 6.07) is 3.40. The number of nitrogens with one attached hydrogen (secondary N) is 1. The Kier molecular flexibility index (Phi) is 3.57. The zero-order valence-electron chi connectivity index (χ0n) is 10.3. The van der Waals surface area contributed by atoms with Crippen molar-refractivity contribution in [3.8, 4) is 0 Å². The van der Waals surface area contributed by atoms with Crippen molar-refractivity contribution in [3.63, 3.8) is 0 Å². The van der Waals surface area contributed by atoms with Crippen LogP contribution >= 0.6 is 0 Å². The molecule has 2 aromatic heterocycles. The van der Waals surface area contributed by atoms with Crippen molar-refractivity contribution in [1.82, 2.24) is 15.0 Å². The Morgan fingerprint density at radius 2 is 2.28 bits per heavy atom. The SMILES string of the molecule is CCN(Nc1cnccn1)C(=O)c1ccc(C)o1. The Hall–Kier alpha value is -2.37. The van der Waals surface area contributed by atoms with E-state index in [0.29, 0.717) is 23.9 Å². The first-order chi connectivity index (χ1) is 8.70. The highest BCUT2D eigenvalue weighted by Crippen LogP contribution is 2.10. The molecule has 0 aromatic carbocycles. The molecule has 0 aliphatic rings. The maximum absolute atomic E-state index is 12.1. The number of nitrogens with zero attached hydrogens (tertiary/aromatic N) is 3. The third-order valence-corrected chi connectivity index (χ3v) is 2.33. The first-order valence-corrected chi connectivity index (χ1v) is 5.61. The predicted octanol–water partition coefficient (Wildman–Crippen LogP) is 1.87. The summed E-state index contributed by atoms with van der Waals surface area (Å²) < 4.78 is 5.30. The summed E-state index contributed by atoms with van der Waals surface area (Å²) in [6.45, 7) is 4.13. The molecule has 94 valence electrons. The van der Waals surface area contributed by atoms with Crippen molar-refractivity contribution in [2.75, 3.05) is 12.0 Å². The van der Waals surface area contributed by atoms with E-state index in [2.05, 4.69) is 15.4 Å². The topological polar surface area (TPSA) is 71.3 Å². The van der Waals surface area contributed by atoms with Gasteiger partial charge in [0.2, 0.25) is 0 Å². The van der Waals surface area contributed by atoms with E-state index < -0.39 is 0 Å². The molecule has 0 saturated heterocycles. The van der Waals surface area contributed by atoms with Crippen LogP contribution in [0.25, 0.3) is 0 Å². The number of rotatable bonds is 4. The number of carbonyl (C=O) groups is 1. The number of aryl methyl sites for hydroxylation is 1. The minimum Gasteiger partial charge on any atom is -0.456 e. The first kappa shape index (κ1) is 12.1. The monoisotopic (exact) mass is 246 g/mol. The van der Waals surface area contributed by atoms with Gasteiger partial charge in [0.15, 0.2) is 11.6 Å². The summed E-state index contributed by atoms with van der Waals surface area (Å²) in [5.41, 5.74) is 2.89. The second kappa shape index (κ2) is 5.31. The van der Waals surface area contributed by atoms with Gasteiger partial charge in [-0.2, -0.15) is 0 Å². The minimum absolute atomic E-state index is 0.240. The normalized spacial score (nSPS) is 10.1. The van der Waals surface area contributed by atoms with E-state index in [-0.39, 0.29) is 5.91 Å². The summed E-state index contributed by atoms with van der Waals surface area (Å²) in [5, 5.41) is 1.42. The van der Waals surface area contributed by atoms with Gasteiger partial charge < -0.3 is 4.42 Å². The lowest BCUT2D eigenvalue weighted by Crippen LogP contribution is -2.36. The maximum atomic E-state index is 12.1. The lowest BCUT2D eigenvalue weighted by Gasteiger charge is -2.20. The number of hydrazine groups is 1. The van der Waals surface area contributed by atoms with E-state index in [9.17, 15) is 4.79 Å². The molecule has 0 spiro atoms. The number of furan rings is 1. The Bertz CT molecular complexity index is 524. The minimum atomic E-state index is -0.240. The third kappa shape index (κ3) is 2.65. The van der Waals surface area contributed by atoms with Gasteiger partial charge >= 0.3 is 5.91 Å². The molecule has 0 atom stereocenters. The smallest absolute Gasteiger partial charge is 0.307 e. The van der Waals surface area contributed by atoms with Crippen LogP contribution in [0, 0.1) is 6.92 Å². The van der Waals surface area contributed by atoms with Crippen LogP contribution in [0.4, 0.5) is 5.82 Å². The molecule has 6 heteroatoms. The van der Waals surface area contributed by atoms with Gasteiger partial charge in [0.05, 0.1) is 6.20 Å². The highest BCUT2D eigenvalue weighted by atomic mass is 16.4. The lowest BCUT2D eigenvalue weighted by atomic mass is 10.4. The van der Waals surface area contributed by atoms with Gasteiger partial charge in [-0.05, 0) is 26.0 Å². The molecule has 0 bridgehead atoms. The fraction of sp³-hybridized carbons (Fsp3) is 0.250. The van der Waals surface area contributed by atoms with Crippen LogP contribution in [-0.4, -0.2) is 27.4 Å². The predicted molar refractivity (Wildman–Crippen MR) is 65.8 cm³/mol. The van der Waals surface area contributed by atoms with Crippen LogP contribution in [0.1, 0.15) is 23.2 Å². The standard InChI is InChI=1S/C12H14N4O2/c1-3-16(15-11-8-13-6-7-14-11)12(17)10-5-4-9(2)18-10/h4-8H,3H2,1-2H3,(H,14,15). The molecule has 2 heterocycles. The fourth-order valence-corrected chi connectivity index (χ4v) is 1.45. The number of aromatic nitrogens is 2. The fourth-order valence-electron chi connectivity index (χ4n) is 1.45. The number of anilines is 1. The van der Waals surface area contributed by atoms with Crippen LogP contribution in [0.5, 0.6) is 0 Å². The van der Waals surface area contributed by atoms with E-state index in [0.717, 1.165) is 0 Å². The molecule has 1 amide bonds. The van der Waals surface area contributed by atoms with Crippen molar-refractivity contribution >= 4 is 11.7 Å². The van der Waals surface area contributed by atoms with Crippen molar-refractivity contribution in [1.29, 1.82) is 0 Å². The van der Waals surface area contributed by atoms with Gasteiger partial charge in [0.25, 0.3) is 0 Å². The van der Waals surface area contributed by atoms with Crippen molar-refractivity contribution in [3.05, 3.63) is 42.2 Å². The van der Waals surface area contributed by atoms with E-state index in [1.54, 1.807) is 37.6 Å². The van der Waals surface area contributed by atoms with Gasteiger partial charge in [-0.15, -0.1) is 0 Å². The van der Waals surface area contributed by atoms with Gasteiger partial charge in [-0.25, -0.2) is 9.99 Å². The number of amides is 1. The van der Waals surface area contributed by atoms with Crippen LogP contribution < -0.4 is 5.43 Å². The van der Waals surface area contributed by atoms with Gasteiger partial charge in [-0.1, -0.05) is 0 Å². The quantitative estimate of drug-likeness (QED) is 0.834. The highest BCUT2D eigenvalue weighted by molar-refractivity contribution is 5.92. The summed E-state index contributed by atoms with van der Waals surface area (Å²) in [5.74, 6) is 1.27. The zero-order chi connectivity index (χ0) is 13.0. The summed E-state index contributed by atoms with van der Waals surface area (Å²) >= 11 is 0. The average Bonchev–Trinajstić information content (AvgIpc) is 2.83. The molecule has 1 N–H and O–H groups in total. The molecule has 18 heavy (non-hydrogen) atoms. The molecular weight excluding hydrogens is 232 g/mol. The Morgan fingerprint density at radius 3 is 2.83 bits per heavy atom. The third-order valence-electron chi connectivity index (χ3n) is 2.33. The first-order valence-electron chi connectivity index (χ1n) is 5.61. The second-order valence-corrected chi connectivity index (χ2v) is 3.66. The Labute approximate surface area is 105 Å². The van der Waals surface area contributed by atoms with Gasteiger partial charge in [0.1, 0.15) is 5.76 Å². The zero-order valence-corrected chi connectivity index (χ0v) is 10.3. The number of hydrogen-bond acceptors (Lipinski definition) is 5. The van der Waals surface area contributed by atoms with Crippen LogP contribution in [0.2, 0.25) is 0 Å². The lowest BCUT2D eigenvalue weighted by molar-refractivity contribution is 0.0767. The molecule has 2 rings (SSSR count). The van der Waals surface area contributed by atoms with Crippen molar-refractivity contribution in [2.45, 2.75) is 13.8 Å². The molecule has 0 radical (unpaired) electrons. The van der Waals surface area contributed by atoms with Crippen molar-refractivity contribution < 1.29 is 9.21 Å². The number of carbonyl (C=O) groups excluding carboxylic acids is 1. The average molecular weight is 246 g/mol. The van der Waals surface area contributed by atoms with Crippen LogP contribution in [-0.2, 0) is 0 Å². The molecule has 0 fully saturated rings. The highest BCUT2D eigenvalue weighted by Gasteiger charge is 2.17. The Morgan fingerprint density at radius 1 is 1.44 bits per heavy atom. The van der Waals surface area contributed by atoms with Gasteiger partial charge in [-0.3, -0.25) is 15.2 Å². The molecule has 0 aliphatic carbocycles. The van der Waals surface area contributed by atoms with Crippen molar-refractivity contribution in [2.24, 2.45) is 0 Å². The molecule has 2 aromatic rings. The van der Waals surface area contributed by atoms with E-state index in [4.69, 9.17) is 4.42 Å². The second-order valence-electron chi connectivity index (χ2n) is 3.66. The molecular formula is C12H14N4O2. The van der Waals surface area contributed by atoms with Crippen LogP contribution in [0.15, 0.2) is 35.1 Å². The molecule has 0 aliphatic heterocycles. The summed E-state index contributed by atoms with van der Waals surface area (Å²) in [6.07, 6.45) is 4.67. The molecule has 0 saturated carbocycles. The van der Waals surface area contributed by atoms with Crippen LogP contribution in [0.3, 0.4) is 0 Å². The number of hydrogen-bond donors (Lipinski definition) is 1. The Balaban J connectivity index is 2.12. The largest absolute Gasteiger partial charge is 0.456 e. The maximum Gasteiger partial charge on any atom is 0.307 e. The van der Waals surface area contributed by atoms with Gasteiger partial charge in [0, 0.05) is 18.9 Å². The summed E-state index contributed by atoms with van der Waals surface area (Å²) in [4.78, 5) is 20.1. The summed E-state index contributed by atoms with van der Waals surface area (Å²) in [7, 11) is 0. The van der Waals surface area contributed by atoms with E-state index in [1.807, 2.05) is 6.92 Å². The van der Waals surface area contributed by atoms with E-state index >= 15 is 0 Å².